The van der Waals surface area contributed by atoms with Gasteiger partial charge >= 0.3 is 5.97 Å². The molecular weight excluding hydrogens is 338 g/mol. The quantitative estimate of drug-likeness (QED) is 0.419. The van der Waals surface area contributed by atoms with E-state index in [1.807, 2.05) is 25.8 Å². The molecule has 1 aliphatic rings. The molecule has 0 radical (unpaired) electrons. The number of nitro groups is 1. The summed E-state index contributed by atoms with van der Waals surface area (Å²) >= 11 is 0. The molecule has 8 heteroatoms. The number of esters is 1. The number of hydrogen-bond acceptors (Lipinski definition) is 6. The summed E-state index contributed by atoms with van der Waals surface area (Å²) in [6.07, 6.45) is 1.44. The van der Waals surface area contributed by atoms with Crippen molar-refractivity contribution < 1.29 is 19.2 Å². The smallest absolute Gasteiger partial charge is 0.328 e. The molecule has 0 N–H and O–H groups in total. The first kappa shape index (κ1) is 19.7. The fourth-order valence-corrected chi connectivity index (χ4v) is 2.94. The number of likely N-dealkylation sites (tertiary alicyclic amines) is 1. The zero-order chi connectivity index (χ0) is 19.3. The van der Waals surface area contributed by atoms with Crippen LogP contribution in [0.1, 0.15) is 26.7 Å². The fraction of sp³-hybridized carbons (Fsp3) is 0.556. The third-order valence-corrected chi connectivity index (χ3v) is 4.47. The van der Waals surface area contributed by atoms with Gasteiger partial charge in [-0.05, 0) is 25.0 Å². The molecule has 1 aromatic rings. The Morgan fingerprint density at radius 1 is 1.35 bits per heavy atom. The highest BCUT2D eigenvalue weighted by molar-refractivity contribution is 5.86. The maximum absolute atomic E-state index is 12.3. The van der Waals surface area contributed by atoms with Crippen LogP contribution in [0.25, 0.3) is 0 Å². The molecule has 0 spiro atoms. The van der Waals surface area contributed by atoms with Crippen molar-refractivity contribution in [1.29, 1.82) is 0 Å². The molecule has 8 nitrogen and oxygen atoms in total. The molecule has 2 rings (SSSR count). The minimum absolute atomic E-state index is 0.0209. The maximum Gasteiger partial charge on any atom is 0.328 e. The highest BCUT2D eigenvalue weighted by Gasteiger charge is 2.35. The van der Waals surface area contributed by atoms with Crippen LogP contribution in [0, 0.1) is 16.0 Å². The number of rotatable bonds is 7. The van der Waals surface area contributed by atoms with E-state index in [0.29, 0.717) is 19.5 Å². The van der Waals surface area contributed by atoms with E-state index >= 15 is 0 Å². The van der Waals surface area contributed by atoms with Crippen LogP contribution >= 0.6 is 0 Å². The highest BCUT2D eigenvalue weighted by atomic mass is 16.6. The molecule has 0 aliphatic carbocycles. The van der Waals surface area contributed by atoms with Crippen molar-refractivity contribution in [3.05, 3.63) is 34.4 Å². The lowest BCUT2D eigenvalue weighted by Crippen LogP contribution is -2.43. The topological polar surface area (TPSA) is 93.0 Å². The number of nitrogens with zero attached hydrogens (tertiary/aromatic N) is 3. The van der Waals surface area contributed by atoms with Gasteiger partial charge in [-0.2, -0.15) is 0 Å². The lowest BCUT2D eigenvalue weighted by molar-refractivity contribution is -0.384. The van der Waals surface area contributed by atoms with Crippen LogP contribution in [0.2, 0.25) is 0 Å². The second-order valence-corrected chi connectivity index (χ2v) is 6.71. The van der Waals surface area contributed by atoms with E-state index in [1.165, 1.54) is 12.1 Å². The number of non-ortho nitro benzene ring substituents is 1. The second-order valence-electron chi connectivity index (χ2n) is 6.71. The second kappa shape index (κ2) is 8.64. The number of benzene rings is 1. The van der Waals surface area contributed by atoms with Crippen LogP contribution < -0.4 is 4.90 Å². The Hall–Kier alpha value is -2.64. The molecule has 142 valence electrons. The van der Waals surface area contributed by atoms with Crippen molar-refractivity contribution in [2.45, 2.75) is 32.7 Å². The summed E-state index contributed by atoms with van der Waals surface area (Å²) < 4.78 is 5.36. The molecule has 0 saturated carbocycles. The molecule has 1 fully saturated rings. The zero-order valence-electron chi connectivity index (χ0n) is 15.4. The van der Waals surface area contributed by atoms with Crippen LogP contribution in [0.4, 0.5) is 11.4 Å². The average Bonchev–Trinajstić information content (AvgIpc) is 3.10. The van der Waals surface area contributed by atoms with Gasteiger partial charge in [-0.15, -0.1) is 0 Å². The average molecular weight is 363 g/mol. The first-order valence-electron chi connectivity index (χ1n) is 8.74. The van der Waals surface area contributed by atoms with Gasteiger partial charge in [0.05, 0.1) is 11.5 Å². The lowest BCUT2D eigenvalue weighted by atomic mass is 10.1. The first-order chi connectivity index (χ1) is 12.3. The minimum Gasteiger partial charge on any atom is -0.462 e. The summed E-state index contributed by atoms with van der Waals surface area (Å²) in [7, 11) is 1.82. The number of carbonyl (C=O) groups is 2. The molecule has 1 saturated heterocycles. The summed E-state index contributed by atoms with van der Waals surface area (Å²) in [4.78, 5) is 38.2. The van der Waals surface area contributed by atoms with Gasteiger partial charge in [-0.25, -0.2) is 4.79 Å². The third kappa shape index (κ3) is 4.71. The number of anilines is 1. The van der Waals surface area contributed by atoms with Crippen molar-refractivity contribution in [3.63, 3.8) is 0 Å². The zero-order valence-corrected chi connectivity index (χ0v) is 15.4. The number of amides is 1. The molecule has 0 bridgehead atoms. The molecular formula is C18H25N3O5. The monoisotopic (exact) mass is 363 g/mol. The molecule has 1 aliphatic heterocycles. The van der Waals surface area contributed by atoms with Crippen molar-refractivity contribution in [1.82, 2.24) is 4.90 Å². The molecule has 1 amide bonds. The van der Waals surface area contributed by atoms with E-state index < -0.39 is 11.0 Å². The Morgan fingerprint density at radius 2 is 2.00 bits per heavy atom. The van der Waals surface area contributed by atoms with E-state index in [0.717, 1.165) is 12.1 Å². The summed E-state index contributed by atoms with van der Waals surface area (Å²) in [5.41, 5.74) is 0.828. The molecule has 1 aromatic carbocycles. The first-order valence-corrected chi connectivity index (χ1v) is 8.74. The van der Waals surface area contributed by atoms with E-state index in [-0.39, 0.29) is 30.1 Å². The Kier molecular flexibility index (Phi) is 6.54. The van der Waals surface area contributed by atoms with Crippen LogP contribution in [0.5, 0.6) is 0 Å². The van der Waals surface area contributed by atoms with Gasteiger partial charge in [0.1, 0.15) is 12.6 Å². The normalized spacial score (nSPS) is 16.6. The number of likely N-dealkylation sites (N-methyl/N-ethyl adjacent to an activating group) is 1. The molecule has 0 aromatic heterocycles. The SMILES string of the molecule is CC(C)C(=O)N1CCCC1C(=O)OCCN(C)c1ccc([N+](=O)[O-])cc1. The Labute approximate surface area is 152 Å². The van der Waals surface area contributed by atoms with Gasteiger partial charge in [-0.3, -0.25) is 14.9 Å². The standard InChI is InChI=1S/C18H25N3O5/c1-13(2)17(22)20-10-4-5-16(20)18(23)26-12-11-19(3)14-6-8-15(9-7-14)21(24)25/h6-9,13,16H,4-5,10-12H2,1-3H3. The summed E-state index contributed by atoms with van der Waals surface area (Å²) in [5, 5.41) is 10.7. The van der Waals surface area contributed by atoms with Gasteiger partial charge < -0.3 is 14.5 Å². The predicted octanol–water partition coefficient (Wildman–Crippen LogP) is 2.22. The maximum atomic E-state index is 12.3. The van der Waals surface area contributed by atoms with Crippen LogP contribution in [0.3, 0.4) is 0 Å². The predicted molar refractivity (Wildman–Crippen MR) is 96.9 cm³/mol. The minimum atomic E-state index is -0.491. The number of ether oxygens (including phenoxy) is 1. The Morgan fingerprint density at radius 3 is 2.58 bits per heavy atom. The van der Waals surface area contributed by atoms with Gasteiger partial charge in [0.25, 0.3) is 5.69 Å². The number of hydrogen-bond donors (Lipinski definition) is 0. The summed E-state index contributed by atoms with van der Waals surface area (Å²) in [5.74, 6) is -0.530. The molecule has 26 heavy (non-hydrogen) atoms. The summed E-state index contributed by atoms with van der Waals surface area (Å²) in [6.45, 7) is 4.88. The highest BCUT2D eigenvalue weighted by Crippen LogP contribution is 2.21. The molecule has 1 unspecified atom stereocenters. The molecule has 1 atom stereocenters. The van der Waals surface area contributed by atoms with Crippen LogP contribution in [-0.2, 0) is 14.3 Å². The molecule has 1 heterocycles. The number of carbonyl (C=O) groups excluding carboxylic acids is 2. The van der Waals surface area contributed by atoms with Gasteiger partial charge in [0.2, 0.25) is 5.91 Å². The Balaban J connectivity index is 1.83. The van der Waals surface area contributed by atoms with Crippen molar-refractivity contribution in [2.24, 2.45) is 5.92 Å². The fourth-order valence-electron chi connectivity index (χ4n) is 2.94. The van der Waals surface area contributed by atoms with E-state index in [2.05, 4.69) is 0 Å². The lowest BCUT2D eigenvalue weighted by Gasteiger charge is -2.25. The Bertz CT molecular complexity index is 659. The van der Waals surface area contributed by atoms with Crippen molar-refractivity contribution in [2.75, 3.05) is 31.6 Å². The third-order valence-electron chi connectivity index (χ3n) is 4.47. The number of nitro benzene ring substituents is 1. The van der Waals surface area contributed by atoms with Crippen LogP contribution in [0.15, 0.2) is 24.3 Å². The van der Waals surface area contributed by atoms with Gasteiger partial charge in [0.15, 0.2) is 0 Å². The summed E-state index contributed by atoms with van der Waals surface area (Å²) in [6, 6.07) is 5.69. The van der Waals surface area contributed by atoms with Gasteiger partial charge in [0, 0.05) is 37.3 Å². The van der Waals surface area contributed by atoms with E-state index in [9.17, 15) is 19.7 Å². The van der Waals surface area contributed by atoms with Gasteiger partial charge in [-0.1, -0.05) is 13.8 Å². The van der Waals surface area contributed by atoms with E-state index in [1.54, 1.807) is 17.0 Å². The van der Waals surface area contributed by atoms with Crippen molar-refractivity contribution in [3.8, 4) is 0 Å². The van der Waals surface area contributed by atoms with Crippen LogP contribution in [-0.4, -0.2) is 54.5 Å². The van der Waals surface area contributed by atoms with Crippen molar-refractivity contribution >= 4 is 23.3 Å². The largest absolute Gasteiger partial charge is 0.462 e. The van der Waals surface area contributed by atoms with E-state index in [4.69, 9.17) is 4.74 Å².